The molecule has 0 unspecified atom stereocenters. The smallest absolute Gasteiger partial charge is 0 e. The Morgan fingerprint density at radius 2 is 2.00 bits per heavy atom. The molecule has 0 aliphatic heterocycles. The number of rotatable bonds is 1. The monoisotopic (exact) mass is 203 g/mol. The Bertz CT molecular complexity index is 61.8. The topological polar surface area (TPSA) is 17.1 Å². The van der Waals surface area contributed by atoms with Gasteiger partial charge in [-0.1, -0.05) is 0 Å². The summed E-state index contributed by atoms with van der Waals surface area (Å²) in [6.07, 6.45) is 1.11. The second-order valence-corrected chi connectivity index (χ2v) is 0.965. The average Bonchev–Trinajstić information content (AvgIpc) is 1.38. The van der Waals surface area contributed by atoms with Gasteiger partial charge in [0.1, 0.15) is 0 Å². The van der Waals surface area contributed by atoms with Crippen molar-refractivity contribution in [3.05, 3.63) is 12.7 Å². The van der Waals surface area contributed by atoms with E-state index >= 15 is 0 Å². The van der Waals surface area contributed by atoms with Crippen molar-refractivity contribution in [1.29, 1.82) is 0 Å². The molecule has 0 saturated carbocycles. The fraction of sp³-hybridized carbons (Fsp3) is 0. The van der Waals surface area contributed by atoms with Crippen molar-refractivity contribution in [1.82, 2.24) is 0 Å². The molecule has 1 nitrogen and oxygen atoms in total. The minimum atomic E-state index is -0.356. The molecule has 0 aliphatic rings. The van der Waals surface area contributed by atoms with E-state index < -0.39 is 0 Å². The summed E-state index contributed by atoms with van der Waals surface area (Å²) in [6, 6.07) is 0. The van der Waals surface area contributed by atoms with Gasteiger partial charge in [0, 0.05) is 26.2 Å². The summed E-state index contributed by atoms with van der Waals surface area (Å²) in [4.78, 5) is 9.53. The summed E-state index contributed by atoms with van der Waals surface area (Å²) in [5.41, 5.74) is 0. The first-order valence-corrected chi connectivity index (χ1v) is 1.55. The fourth-order valence-electron chi connectivity index (χ4n) is 0. The number of carbonyl (C=O) groups is 1. The van der Waals surface area contributed by atoms with Crippen LogP contribution in [-0.4, -0.2) is 4.75 Å². The molecule has 0 aromatic heterocycles. The molecule has 3 heteroatoms. The first-order valence-electron chi connectivity index (χ1n) is 1.06. The van der Waals surface area contributed by atoms with Crippen molar-refractivity contribution in [2.75, 3.05) is 0 Å². The van der Waals surface area contributed by atoms with E-state index in [2.05, 4.69) is 22.0 Å². The minimum absolute atomic E-state index is 0. The Hall–Kier alpha value is 0.787. The molecule has 0 aliphatic carbocycles. The predicted molar refractivity (Wildman–Crippen MR) is 15.2 cm³/mol. The van der Waals surface area contributed by atoms with Crippen LogP contribution in [0.1, 0.15) is 0 Å². The second kappa shape index (κ2) is 5.79. The van der Waals surface area contributed by atoms with E-state index in [1.54, 1.807) is 0 Å². The molecule has 0 radical (unpaired) electrons. The van der Waals surface area contributed by atoms with Crippen LogP contribution in [0.4, 0.5) is 0 Å². The molecule has 0 fully saturated rings. The molecular weight excluding hydrogens is 202 g/mol. The first-order chi connectivity index (χ1) is 2.27. The van der Waals surface area contributed by atoms with E-state index in [0.29, 0.717) is 0 Å². The van der Waals surface area contributed by atoms with Gasteiger partial charge < -0.3 is 0 Å². The third-order valence-corrected chi connectivity index (χ3v) is 0.349. The molecular formula is C3H3NiOZr. The van der Waals surface area contributed by atoms with E-state index in [1.807, 2.05) is 0 Å². The van der Waals surface area contributed by atoms with Gasteiger partial charge in [0.15, 0.2) is 0 Å². The minimum Gasteiger partial charge on any atom is 0 e. The molecule has 0 N–H and O–H groups in total. The zero-order valence-corrected chi connectivity index (χ0v) is 6.45. The molecule has 0 amide bonds. The third kappa shape index (κ3) is 8.84. The molecule has 0 atom stereocenters. The zero-order valence-electron chi connectivity index (χ0n) is 3.01. The van der Waals surface area contributed by atoms with Gasteiger partial charge in [-0.15, -0.1) is 0 Å². The van der Waals surface area contributed by atoms with Gasteiger partial charge in [-0.2, -0.15) is 0 Å². The Kier molecular flexibility index (Phi) is 9.57. The first kappa shape index (κ1) is 9.92. The van der Waals surface area contributed by atoms with Crippen molar-refractivity contribution in [3.8, 4) is 0 Å². The van der Waals surface area contributed by atoms with Gasteiger partial charge in [-0.3, -0.25) is 0 Å². The van der Waals surface area contributed by atoms with E-state index in [9.17, 15) is 4.79 Å². The molecule has 0 saturated heterocycles. The van der Waals surface area contributed by atoms with Crippen LogP contribution < -0.4 is 0 Å². The molecule has 0 rings (SSSR count). The Balaban J connectivity index is 0. The van der Waals surface area contributed by atoms with Crippen LogP contribution in [0, 0.1) is 0 Å². The van der Waals surface area contributed by atoms with Crippen LogP contribution in [-0.2, 0) is 46.5 Å². The second-order valence-electron chi connectivity index (χ2n) is 0.478. The quantitative estimate of drug-likeness (QED) is 0.442. The van der Waals surface area contributed by atoms with Crippen LogP contribution in [0.25, 0.3) is 0 Å². The maximum Gasteiger partial charge on any atom is 0 e. The molecule has 0 spiro atoms. The van der Waals surface area contributed by atoms with Gasteiger partial charge in [0.05, 0.1) is 0 Å². The summed E-state index contributed by atoms with van der Waals surface area (Å²) in [5, 5.41) is 0. The number of hydrogen-bond acceptors (Lipinski definition) is 1. The SMILES string of the molecule is C=C[C](=O)[Ni].[Zr]. The van der Waals surface area contributed by atoms with Crippen LogP contribution in [0.15, 0.2) is 12.7 Å². The van der Waals surface area contributed by atoms with Gasteiger partial charge in [0.2, 0.25) is 0 Å². The van der Waals surface area contributed by atoms with E-state index in [-0.39, 0.29) is 31.0 Å². The summed E-state index contributed by atoms with van der Waals surface area (Å²) in [5.74, 6) is 0. The van der Waals surface area contributed by atoms with E-state index in [4.69, 9.17) is 0 Å². The standard InChI is InChI=1S/C3H3O.Ni.Zr/c1-2-3-4;;/h2H,1H2;;. The fourth-order valence-corrected chi connectivity index (χ4v) is 0. The Labute approximate surface area is 63.7 Å². The van der Waals surface area contributed by atoms with Gasteiger partial charge in [-0.05, 0) is 0 Å². The normalized spacial score (nSPS) is 5.67. The van der Waals surface area contributed by atoms with E-state index in [1.165, 1.54) is 0 Å². The van der Waals surface area contributed by atoms with Crippen LogP contribution in [0.2, 0.25) is 0 Å². The maximum absolute atomic E-state index is 9.53. The Morgan fingerprint density at radius 1 is 1.83 bits per heavy atom. The van der Waals surface area contributed by atoms with Crippen LogP contribution >= 0.6 is 0 Å². The van der Waals surface area contributed by atoms with Gasteiger partial charge in [-0.25, -0.2) is 0 Å². The summed E-state index contributed by atoms with van der Waals surface area (Å²) in [7, 11) is 0. The molecule has 0 aromatic carbocycles. The van der Waals surface area contributed by atoms with Crippen LogP contribution in [0.5, 0.6) is 0 Å². The van der Waals surface area contributed by atoms with Crippen molar-refractivity contribution < 1.29 is 46.5 Å². The summed E-state index contributed by atoms with van der Waals surface area (Å²) in [6.45, 7) is 3.12. The summed E-state index contributed by atoms with van der Waals surface area (Å²) < 4.78 is -0.356. The number of hydrogen-bond donors (Lipinski definition) is 0. The molecule has 35 valence electrons. The van der Waals surface area contributed by atoms with Crippen molar-refractivity contribution in [3.63, 3.8) is 0 Å². The van der Waals surface area contributed by atoms with E-state index in [0.717, 1.165) is 6.08 Å². The van der Waals surface area contributed by atoms with Crippen molar-refractivity contribution in [2.45, 2.75) is 0 Å². The number of carbonyl (C=O) groups excluding carboxylic acids is 1. The van der Waals surface area contributed by atoms with Gasteiger partial charge >= 0.3 is 37.7 Å². The van der Waals surface area contributed by atoms with Crippen molar-refractivity contribution in [2.24, 2.45) is 0 Å². The maximum atomic E-state index is 9.53. The number of allylic oxidation sites excluding steroid dienone is 1. The molecule has 0 bridgehead atoms. The van der Waals surface area contributed by atoms with Crippen molar-refractivity contribution >= 4 is 4.75 Å². The molecule has 0 aromatic rings. The zero-order chi connectivity index (χ0) is 4.28. The Morgan fingerprint density at radius 3 is 2.00 bits per heavy atom. The average molecular weight is 205 g/mol. The third-order valence-electron chi connectivity index (χ3n) is 0.148. The molecule has 6 heavy (non-hydrogen) atoms. The van der Waals surface area contributed by atoms with Crippen LogP contribution in [0.3, 0.4) is 0 Å². The van der Waals surface area contributed by atoms with Gasteiger partial charge in [0.25, 0.3) is 0 Å². The molecule has 0 heterocycles. The summed E-state index contributed by atoms with van der Waals surface area (Å²) >= 11 is 3.77. The largest absolute Gasteiger partial charge is 0 e. The predicted octanol–water partition coefficient (Wildman–Crippen LogP) is 0.243.